The van der Waals surface area contributed by atoms with Crippen LogP contribution < -0.4 is 11.0 Å². The molecule has 0 aliphatic rings. The molecule has 0 aromatic carbocycles. The molecule has 0 radical (unpaired) electrons. The number of imidazole rings is 1. The van der Waals surface area contributed by atoms with Crippen LogP contribution in [-0.4, -0.2) is 26.1 Å². The van der Waals surface area contributed by atoms with E-state index in [0.29, 0.717) is 18.9 Å². The van der Waals surface area contributed by atoms with Gasteiger partial charge >= 0.3 is 5.69 Å². The Bertz CT molecular complexity index is 540. The molecule has 6 nitrogen and oxygen atoms in total. The number of hydrogen-bond donors (Lipinski definition) is 1. The van der Waals surface area contributed by atoms with Gasteiger partial charge in [-0.1, -0.05) is 0 Å². The molecule has 0 bridgehead atoms. The van der Waals surface area contributed by atoms with Gasteiger partial charge in [0.2, 0.25) is 0 Å². The molecule has 0 unspecified atom stereocenters. The second-order valence-electron chi connectivity index (χ2n) is 3.64. The van der Waals surface area contributed by atoms with Crippen LogP contribution in [0.3, 0.4) is 0 Å². The molecule has 6 heteroatoms. The van der Waals surface area contributed by atoms with Gasteiger partial charge < -0.3 is 5.32 Å². The summed E-state index contributed by atoms with van der Waals surface area (Å²) in [7, 11) is 1.79. The fraction of sp³-hybridized carbons (Fsp3) is 0.364. The van der Waals surface area contributed by atoms with Crippen LogP contribution in [0, 0.1) is 0 Å². The molecule has 90 valence electrons. The number of aryl methyl sites for hydroxylation is 1. The smallest absolute Gasteiger partial charge is 0.328 e. The number of rotatable bonds is 4. The van der Waals surface area contributed by atoms with Crippen LogP contribution in [0.1, 0.15) is 12.6 Å². The van der Waals surface area contributed by atoms with Crippen molar-refractivity contribution in [1.82, 2.24) is 19.1 Å². The summed E-state index contributed by atoms with van der Waals surface area (Å²) >= 11 is 0. The van der Waals surface area contributed by atoms with Crippen molar-refractivity contribution in [1.29, 1.82) is 0 Å². The minimum absolute atomic E-state index is 0.0213. The number of nitrogens with zero attached hydrogens (tertiary/aromatic N) is 4. The largest absolute Gasteiger partial charge is 0.372 e. The third kappa shape index (κ3) is 2.35. The van der Waals surface area contributed by atoms with Crippen LogP contribution in [0.2, 0.25) is 0 Å². The lowest BCUT2D eigenvalue weighted by molar-refractivity contribution is 0.660. The van der Waals surface area contributed by atoms with Crippen molar-refractivity contribution >= 4 is 5.82 Å². The van der Waals surface area contributed by atoms with Gasteiger partial charge in [-0.15, -0.1) is 0 Å². The summed E-state index contributed by atoms with van der Waals surface area (Å²) in [6.45, 7) is 3.06. The zero-order chi connectivity index (χ0) is 12.3. The minimum Gasteiger partial charge on any atom is -0.372 e. The van der Waals surface area contributed by atoms with E-state index < -0.39 is 0 Å². The minimum atomic E-state index is -0.0213. The SMILES string of the molecule is CCn1ccn(Cc2cnc(NC)cn2)c1=O. The average molecular weight is 233 g/mol. The molecular formula is C11H15N5O. The molecule has 1 N–H and O–H groups in total. The maximum absolute atomic E-state index is 11.8. The van der Waals surface area contributed by atoms with Gasteiger partial charge in [0.05, 0.1) is 24.6 Å². The number of aromatic nitrogens is 4. The van der Waals surface area contributed by atoms with E-state index in [0.717, 1.165) is 5.69 Å². The van der Waals surface area contributed by atoms with Crippen molar-refractivity contribution in [2.24, 2.45) is 0 Å². The molecule has 17 heavy (non-hydrogen) atoms. The van der Waals surface area contributed by atoms with Crippen molar-refractivity contribution in [3.63, 3.8) is 0 Å². The Labute approximate surface area is 98.9 Å². The number of anilines is 1. The van der Waals surface area contributed by atoms with Gasteiger partial charge in [-0.2, -0.15) is 0 Å². The molecule has 2 rings (SSSR count). The van der Waals surface area contributed by atoms with E-state index in [4.69, 9.17) is 0 Å². The fourth-order valence-electron chi connectivity index (χ4n) is 1.55. The van der Waals surface area contributed by atoms with E-state index in [9.17, 15) is 4.79 Å². The summed E-state index contributed by atoms with van der Waals surface area (Å²) in [6.07, 6.45) is 6.86. The van der Waals surface area contributed by atoms with Gasteiger partial charge in [-0.3, -0.25) is 14.1 Å². The highest BCUT2D eigenvalue weighted by molar-refractivity contribution is 5.29. The second-order valence-corrected chi connectivity index (χ2v) is 3.64. The number of hydrogen-bond acceptors (Lipinski definition) is 4. The van der Waals surface area contributed by atoms with Crippen LogP contribution in [0.25, 0.3) is 0 Å². The normalized spacial score (nSPS) is 10.5. The molecule has 0 saturated heterocycles. The quantitative estimate of drug-likeness (QED) is 0.837. The Hall–Kier alpha value is -2.11. The highest BCUT2D eigenvalue weighted by atomic mass is 16.1. The van der Waals surface area contributed by atoms with Crippen molar-refractivity contribution < 1.29 is 0 Å². The first-order chi connectivity index (χ1) is 8.24. The summed E-state index contributed by atoms with van der Waals surface area (Å²) in [5.41, 5.74) is 0.743. The lowest BCUT2D eigenvalue weighted by Gasteiger charge is -2.02. The Balaban J connectivity index is 2.19. The molecule has 2 aromatic heterocycles. The molecule has 2 aromatic rings. The van der Waals surface area contributed by atoms with Crippen LogP contribution in [0.5, 0.6) is 0 Å². The fourth-order valence-corrected chi connectivity index (χ4v) is 1.55. The molecule has 2 heterocycles. The van der Waals surface area contributed by atoms with E-state index in [1.807, 2.05) is 6.92 Å². The monoisotopic (exact) mass is 233 g/mol. The van der Waals surface area contributed by atoms with Crippen molar-refractivity contribution in [2.45, 2.75) is 20.0 Å². The predicted octanol–water partition coefficient (Wildman–Crippen LogP) is 0.550. The molecule has 0 amide bonds. The first-order valence-corrected chi connectivity index (χ1v) is 5.49. The van der Waals surface area contributed by atoms with Gasteiger partial charge in [0.1, 0.15) is 5.82 Å². The Morgan fingerprint density at radius 3 is 2.53 bits per heavy atom. The summed E-state index contributed by atoms with van der Waals surface area (Å²) < 4.78 is 3.27. The molecule has 0 saturated carbocycles. The van der Waals surface area contributed by atoms with E-state index in [-0.39, 0.29) is 5.69 Å². The zero-order valence-electron chi connectivity index (χ0n) is 9.92. The highest BCUT2D eigenvalue weighted by Gasteiger charge is 2.03. The highest BCUT2D eigenvalue weighted by Crippen LogP contribution is 2.00. The lowest BCUT2D eigenvalue weighted by Crippen LogP contribution is -2.24. The topological polar surface area (TPSA) is 64.7 Å². The van der Waals surface area contributed by atoms with Gasteiger partial charge in [0, 0.05) is 26.0 Å². The molecular weight excluding hydrogens is 218 g/mol. The van der Waals surface area contributed by atoms with Crippen LogP contribution in [-0.2, 0) is 13.1 Å². The number of nitrogens with one attached hydrogen (secondary N) is 1. The van der Waals surface area contributed by atoms with Crippen molar-refractivity contribution in [2.75, 3.05) is 12.4 Å². The van der Waals surface area contributed by atoms with E-state index in [2.05, 4.69) is 15.3 Å². The lowest BCUT2D eigenvalue weighted by atomic mass is 10.4. The molecule has 0 aliphatic carbocycles. The molecule has 0 fully saturated rings. The summed E-state index contributed by atoms with van der Waals surface area (Å²) in [5, 5.41) is 2.90. The third-order valence-corrected chi connectivity index (χ3v) is 2.55. The standard InChI is InChI=1S/C11H15N5O/c1-3-15-4-5-16(11(15)17)8-9-6-14-10(12-2)7-13-9/h4-7H,3,8H2,1-2H3,(H,12,14). The van der Waals surface area contributed by atoms with Crippen LogP contribution >= 0.6 is 0 Å². The summed E-state index contributed by atoms with van der Waals surface area (Å²) in [5.74, 6) is 0.715. The first kappa shape index (κ1) is 11.4. The van der Waals surface area contributed by atoms with Gasteiger partial charge in [0.15, 0.2) is 0 Å². The molecule has 0 atom stereocenters. The van der Waals surface area contributed by atoms with E-state index in [1.165, 1.54) is 0 Å². The first-order valence-electron chi connectivity index (χ1n) is 5.49. The summed E-state index contributed by atoms with van der Waals surface area (Å²) in [6, 6.07) is 0. The maximum Gasteiger partial charge on any atom is 0.328 e. The molecule has 0 spiro atoms. The third-order valence-electron chi connectivity index (χ3n) is 2.55. The zero-order valence-corrected chi connectivity index (χ0v) is 9.92. The molecule has 0 aliphatic heterocycles. The van der Waals surface area contributed by atoms with Gasteiger partial charge in [-0.25, -0.2) is 9.78 Å². The Morgan fingerprint density at radius 1 is 1.24 bits per heavy atom. The van der Waals surface area contributed by atoms with E-state index in [1.54, 1.807) is 41.0 Å². The van der Waals surface area contributed by atoms with Crippen LogP contribution in [0.4, 0.5) is 5.82 Å². The maximum atomic E-state index is 11.8. The van der Waals surface area contributed by atoms with E-state index >= 15 is 0 Å². The summed E-state index contributed by atoms with van der Waals surface area (Å²) in [4.78, 5) is 20.2. The Kier molecular flexibility index (Phi) is 3.22. The average Bonchev–Trinajstić information content (AvgIpc) is 2.71. The van der Waals surface area contributed by atoms with Crippen LogP contribution in [0.15, 0.2) is 29.6 Å². The second kappa shape index (κ2) is 4.82. The van der Waals surface area contributed by atoms with Gasteiger partial charge in [-0.05, 0) is 6.92 Å². The Morgan fingerprint density at radius 2 is 2.00 bits per heavy atom. The van der Waals surface area contributed by atoms with Crippen molar-refractivity contribution in [3.8, 4) is 0 Å². The van der Waals surface area contributed by atoms with Crippen molar-refractivity contribution in [3.05, 3.63) is 41.0 Å². The van der Waals surface area contributed by atoms with Gasteiger partial charge in [0.25, 0.3) is 0 Å². The predicted molar refractivity (Wildman–Crippen MR) is 65.0 cm³/mol.